The summed E-state index contributed by atoms with van der Waals surface area (Å²) in [6.07, 6.45) is 1.83. The Balaban J connectivity index is 2.09. The van der Waals surface area contributed by atoms with Gasteiger partial charge >= 0.3 is 0 Å². The van der Waals surface area contributed by atoms with Crippen LogP contribution >= 0.6 is 0 Å². The standard InChI is InChI=1S/C12H18F2N4O/c1-7(8-2-4-19-5-3-8)16-11-9(13)6-10(14)12(17-11)18-15/h6-8H,2-5,15H2,1H3,(H2,16,17,18). The highest BCUT2D eigenvalue weighted by molar-refractivity contribution is 5.47. The van der Waals surface area contributed by atoms with E-state index in [2.05, 4.69) is 15.7 Å². The average molecular weight is 272 g/mol. The molecule has 1 aliphatic heterocycles. The molecule has 1 aromatic heterocycles. The molecule has 1 aliphatic rings. The molecule has 0 aromatic carbocycles. The van der Waals surface area contributed by atoms with Crippen LogP contribution < -0.4 is 16.6 Å². The van der Waals surface area contributed by atoms with E-state index < -0.39 is 11.6 Å². The van der Waals surface area contributed by atoms with Crippen molar-refractivity contribution in [1.29, 1.82) is 0 Å². The fourth-order valence-corrected chi connectivity index (χ4v) is 2.22. The monoisotopic (exact) mass is 272 g/mol. The normalized spacial score (nSPS) is 18.1. The van der Waals surface area contributed by atoms with Crippen molar-refractivity contribution in [2.45, 2.75) is 25.8 Å². The van der Waals surface area contributed by atoms with Gasteiger partial charge in [0.2, 0.25) is 0 Å². The number of halogens is 2. The second kappa shape index (κ2) is 6.12. The van der Waals surface area contributed by atoms with Crippen molar-refractivity contribution in [1.82, 2.24) is 4.98 Å². The van der Waals surface area contributed by atoms with Gasteiger partial charge in [0.05, 0.1) is 0 Å². The van der Waals surface area contributed by atoms with Gasteiger partial charge in [0.1, 0.15) is 0 Å². The number of nitrogen functional groups attached to an aromatic ring is 1. The Morgan fingerprint density at radius 1 is 1.32 bits per heavy atom. The zero-order valence-corrected chi connectivity index (χ0v) is 10.7. The SMILES string of the molecule is CC(Nc1nc(NN)c(F)cc1F)C1CCOCC1. The van der Waals surface area contributed by atoms with Gasteiger partial charge in [-0.2, -0.15) is 0 Å². The summed E-state index contributed by atoms with van der Waals surface area (Å²) in [6, 6.07) is 0.795. The van der Waals surface area contributed by atoms with Crippen LogP contribution in [0.15, 0.2) is 6.07 Å². The molecule has 0 radical (unpaired) electrons. The Morgan fingerprint density at radius 2 is 1.95 bits per heavy atom. The number of nitrogens with one attached hydrogen (secondary N) is 2. The van der Waals surface area contributed by atoms with Crippen molar-refractivity contribution in [3.8, 4) is 0 Å². The van der Waals surface area contributed by atoms with E-state index in [9.17, 15) is 8.78 Å². The van der Waals surface area contributed by atoms with Gasteiger partial charge in [-0.1, -0.05) is 0 Å². The summed E-state index contributed by atoms with van der Waals surface area (Å²) in [6.45, 7) is 3.38. The molecule has 0 spiro atoms. The number of nitrogens with two attached hydrogens (primary N) is 1. The molecule has 4 N–H and O–H groups in total. The molecule has 106 valence electrons. The molecule has 5 nitrogen and oxygen atoms in total. The Hall–Kier alpha value is -1.47. The third kappa shape index (κ3) is 3.30. The fourth-order valence-electron chi connectivity index (χ4n) is 2.22. The molecule has 19 heavy (non-hydrogen) atoms. The first-order valence-corrected chi connectivity index (χ1v) is 6.28. The first kappa shape index (κ1) is 14.0. The minimum absolute atomic E-state index is 0.00772. The van der Waals surface area contributed by atoms with Gasteiger partial charge in [0.15, 0.2) is 23.3 Å². The fraction of sp³-hybridized carbons (Fsp3) is 0.583. The van der Waals surface area contributed by atoms with E-state index in [1.807, 2.05) is 6.92 Å². The maximum Gasteiger partial charge on any atom is 0.178 e. The van der Waals surface area contributed by atoms with E-state index in [0.29, 0.717) is 19.1 Å². The maximum atomic E-state index is 13.6. The topological polar surface area (TPSA) is 72.2 Å². The van der Waals surface area contributed by atoms with Crippen LogP contribution in [-0.4, -0.2) is 24.2 Å². The summed E-state index contributed by atoms with van der Waals surface area (Å²) in [5.41, 5.74) is 2.10. The van der Waals surface area contributed by atoms with Gasteiger partial charge in [-0.15, -0.1) is 0 Å². The third-order valence-corrected chi connectivity index (χ3v) is 3.40. The number of hydrogen-bond acceptors (Lipinski definition) is 5. The largest absolute Gasteiger partial charge is 0.381 e. The van der Waals surface area contributed by atoms with E-state index in [4.69, 9.17) is 10.6 Å². The average Bonchev–Trinajstić information content (AvgIpc) is 2.42. The summed E-state index contributed by atoms with van der Waals surface area (Å²) < 4.78 is 32.2. The molecule has 2 rings (SSSR count). The second-order valence-electron chi connectivity index (χ2n) is 4.68. The van der Waals surface area contributed by atoms with E-state index in [0.717, 1.165) is 18.9 Å². The first-order valence-electron chi connectivity index (χ1n) is 6.28. The quantitative estimate of drug-likeness (QED) is 0.576. The molecule has 0 saturated carbocycles. The van der Waals surface area contributed by atoms with E-state index in [-0.39, 0.29) is 17.7 Å². The number of anilines is 2. The van der Waals surface area contributed by atoms with Gasteiger partial charge in [-0.25, -0.2) is 19.6 Å². The third-order valence-electron chi connectivity index (χ3n) is 3.40. The summed E-state index contributed by atoms with van der Waals surface area (Å²) >= 11 is 0. The van der Waals surface area contributed by atoms with Crippen LogP contribution in [0.3, 0.4) is 0 Å². The van der Waals surface area contributed by atoms with Crippen molar-refractivity contribution in [3.05, 3.63) is 17.7 Å². The number of hydrazine groups is 1. The van der Waals surface area contributed by atoms with Crippen LogP contribution in [0, 0.1) is 17.6 Å². The molecule has 1 saturated heterocycles. The van der Waals surface area contributed by atoms with E-state index >= 15 is 0 Å². The maximum absolute atomic E-state index is 13.6. The number of aromatic nitrogens is 1. The number of rotatable bonds is 4. The zero-order valence-electron chi connectivity index (χ0n) is 10.7. The van der Waals surface area contributed by atoms with Gasteiger partial charge in [0.25, 0.3) is 0 Å². The summed E-state index contributed by atoms with van der Waals surface area (Å²) in [5, 5.41) is 2.98. The highest BCUT2D eigenvalue weighted by atomic mass is 19.1. The Morgan fingerprint density at radius 3 is 2.58 bits per heavy atom. The predicted molar refractivity (Wildman–Crippen MR) is 68.6 cm³/mol. The van der Waals surface area contributed by atoms with Gasteiger partial charge < -0.3 is 15.5 Å². The van der Waals surface area contributed by atoms with Gasteiger partial charge in [-0.3, -0.25) is 0 Å². The molecular weight excluding hydrogens is 254 g/mol. The number of ether oxygens (including phenoxy) is 1. The lowest BCUT2D eigenvalue weighted by molar-refractivity contribution is 0.0622. The summed E-state index contributed by atoms with van der Waals surface area (Å²) in [4.78, 5) is 3.80. The molecule has 1 fully saturated rings. The van der Waals surface area contributed by atoms with E-state index in [1.54, 1.807) is 0 Å². The molecule has 0 aliphatic carbocycles. The van der Waals surface area contributed by atoms with E-state index in [1.165, 1.54) is 0 Å². The molecule has 7 heteroatoms. The Labute approximate surface area is 110 Å². The van der Waals surface area contributed by atoms with Crippen LogP contribution in [0.2, 0.25) is 0 Å². The first-order chi connectivity index (χ1) is 9.11. The summed E-state index contributed by atoms with van der Waals surface area (Å²) in [5.74, 6) is 3.80. The minimum atomic E-state index is -0.815. The number of nitrogens with zero attached hydrogens (tertiary/aromatic N) is 1. The number of hydrogen-bond donors (Lipinski definition) is 3. The van der Waals surface area contributed by atoms with Crippen LogP contribution in [0.1, 0.15) is 19.8 Å². The predicted octanol–water partition coefficient (Wildman–Crippen LogP) is 1.87. The molecule has 2 heterocycles. The van der Waals surface area contributed by atoms with Crippen molar-refractivity contribution < 1.29 is 13.5 Å². The molecule has 0 amide bonds. The zero-order chi connectivity index (χ0) is 13.8. The Bertz CT molecular complexity index is 438. The highest BCUT2D eigenvalue weighted by Gasteiger charge is 2.22. The van der Waals surface area contributed by atoms with Crippen LogP contribution in [0.4, 0.5) is 20.4 Å². The number of pyridine rings is 1. The molecule has 1 unspecified atom stereocenters. The lowest BCUT2D eigenvalue weighted by atomic mass is 9.93. The van der Waals surface area contributed by atoms with Crippen LogP contribution in [0.25, 0.3) is 0 Å². The van der Waals surface area contributed by atoms with Crippen LogP contribution in [0.5, 0.6) is 0 Å². The lowest BCUT2D eigenvalue weighted by Gasteiger charge is -2.28. The molecule has 1 atom stereocenters. The highest BCUT2D eigenvalue weighted by Crippen LogP contribution is 2.24. The van der Waals surface area contributed by atoms with Crippen molar-refractivity contribution >= 4 is 11.6 Å². The molecular formula is C12H18F2N4O. The van der Waals surface area contributed by atoms with Crippen molar-refractivity contribution in [2.24, 2.45) is 11.8 Å². The van der Waals surface area contributed by atoms with Crippen molar-refractivity contribution in [3.63, 3.8) is 0 Å². The lowest BCUT2D eigenvalue weighted by Crippen LogP contribution is -2.31. The van der Waals surface area contributed by atoms with Crippen LogP contribution in [-0.2, 0) is 4.74 Å². The smallest absolute Gasteiger partial charge is 0.178 e. The second-order valence-corrected chi connectivity index (χ2v) is 4.68. The molecule has 0 bridgehead atoms. The minimum Gasteiger partial charge on any atom is -0.381 e. The van der Waals surface area contributed by atoms with Gasteiger partial charge in [-0.05, 0) is 25.7 Å². The van der Waals surface area contributed by atoms with Gasteiger partial charge in [0, 0.05) is 25.3 Å². The summed E-state index contributed by atoms with van der Waals surface area (Å²) in [7, 11) is 0. The Kier molecular flexibility index (Phi) is 4.49. The molecule has 1 aromatic rings. The van der Waals surface area contributed by atoms with Crippen molar-refractivity contribution in [2.75, 3.05) is 24.0 Å².